The van der Waals surface area contributed by atoms with Gasteiger partial charge < -0.3 is 15.0 Å². The summed E-state index contributed by atoms with van der Waals surface area (Å²) < 4.78 is 21.0. The summed E-state index contributed by atoms with van der Waals surface area (Å²) in [5.74, 6) is -0.702. The molecule has 1 aliphatic rings. The van der Waals surface area contributed by atoms with E-state index in [9.17, 15) is 14.0 Å². The van der Waals surface area contributed by atoms with E-state index in [1.807, 2.05) is 0 Å². The van der Waals surface area contributed by atoms with Gasteiger partial charge in [-0.2, -0.15) is 0 Å². The highest BCUT2D eigenvalue weighted by atomic mass is 19.1. The number of fused-ring (bicyclic) bond motifs is 1. The quantitative estimate of drug-likeness (QED) is 0.932. The van der Waals surface area contributed by atoms with E-state index in [2.05, 4.69) is 0 Å². The molecule has 2 N–H and O–H groups in total. The molecule has 6 heteroatoms. The molecule has 126 valence electrons. The van der Waals surface area contributed by atoms with E-state index in [-0.39, 0.29) is 17.5 Å². The normalized spacial score (nSPS) is 13.4. The second kappa shape index (κ2) is 6.47. The van der Waals surface area contributed by atoms with Crippen molar-refractivity contribution >= 4 is 5.91 Å². The number of carbonyl (C=O) groups excluding carboxylic acids is 1. The van der Waals surface area contributed by atoms with E-state index in [0.717, 1.165) is 25.0 Å². The zero-order chi connectivity index (χ0) is 17.3. The molecule has 1 aromatic carbocycles. The largest absolute Gasteiger partial charge is 0.497 e. The standard InChI is InChI=1S/C18H19FN2O3/c1-24-12-7-6-11(15(19)8-12)9-21-10-14(18(20)23)17(22)13-4-2-3-5-16(13)21/h6-8,10H,2-5,9H2,1H3,(H2,20,23). The summed E-state index contributed by atoms with van der Waals surface area (Å²) in [6, 6.07) is 4.65. The number of amides is 1. The molecule has 24 heavy (non-hydrogen) atoms. The average molecular weight is 330 g/mol. The Hall–Kier alpha value is -2.63. The van der Waals surface area contributed by atoms with Gasteiger partial charge in [-0.05, 0) is 31.7 Å². The number of rotatable bonds is 4. The van der Waals surface area contributed by atoms with Gasteiger partial charge in [0.2, 0.25) is 0 Å². The zero-order valence-corrected chi connectivity index (χ0v) is 13.5. The molecule has 1 heterocycles. The molecule has 0 atom stereocenters. The van der Waals surface area contributed by atoms with Crippen molar-refractivity contribution < 1.29 is 13.9 Å². The molecule has 0 bridgehead atoms. The Kier molecular flexibility index (Phi) is 4.38. The van der Waals surface area contributed by atoms with Crippen LogP contribution in [0.2, 0.25) is 0 Å². The summed E-state index contributed by atoms with van der Waals surface area (Å²) >= 11 is 0. The number of carbonyl (C=O) groups is 1. The summed E-state index contributed by atoms with van der Waals surface area (Å²) in [5, 5.41) is 0. The lowest BCUT2D eigenvalue weighted by molar-refractivity contribution is 0.0998. The van der Waals surface area contributed by atoms with E-state index < -0.39 is 11.7 Å². The van der Waals surface area contributed by atoms with Gasteiger partial charge in [-0.25, -0.2) is 4.39 Å². The van der Waals surface area contributed by atoms with Crippen LogP contribution in [0.4, 0.5) is 4.39 Å². The topological polar surface area (TPSA) is 74.3 Å². The summed E-state index contributed by atoms with van der Waals surface area (Å²) in [6.07, 6.45) is 4.69. The number of methoxy groups -OCH3 is 1. The van der Waals surface area contributed by atoms with Gasteiger partial charge in [0, 0.05) is 29.1 Å². The Morgan fingerprint density at radius 2 is 2.08 bits per heavy atom. The Bertz CT molecular complexity index is 858. The molecule has 1 aliphatic carbocycles. The molecule has 1 aromatic heterocycles. The third-order valence-corrected chi connectivity index (χ3v) is 4.46. The maximum absolute atomic E-state index is 14.2. The zero-order valence-electron chi connectivity index (χ0n) is 13.5. The lowest BCUT2D eigenvalue weighted by Gasteiger charge is -2.22. The highest BCUT2D eigenvalue weighted by molar-refractivity contribution is 5.92. The fraction of sp³-hybridized carbons (Fsp3) is 0.333. The number of ether oxygens (including phenoxy) is 1. The number of benzene rings is 1. The van der Waals surface area contributed by atoms with Crippen LogP contribution in [0.25, 0.3) is 0 Å². The minimum atomic E-state index is -0.752. The molecule has 0 fully saturated rings. The Morgan fingerprint density at radius 1 is 1.33 bits per heavy atom. The highest BCUT2D eigenvalue weighted by Crippen LogP contribution is 2.22. The van der Waals surface area contributed by atoms with Crippen LogP contribution in [0, 0.1) is 5.82 Å². The molecule has 2 aromatic rings. The highest BCUT2D eigenvalue weighted by Gasteiger charge is 2.21. The number of pyridine rings is 1. The first-order valence-corrected chi connectivity index (χ1v) is 7.88. The van der Waals surface area contributed by atoms with Crippen LogP contribution in [0.1, 0.15) is 40.0 Å². The molecule has 0 aliphatic heterocycles. The molecular formula is C18H19FN2O3. The van der Waals surface area contributed by atoms with Crippen LogP contribution in [-0.4, -0.2) is 17.6 Å². The van der Waals surface area contributed by atoms with Crippen molar-refractivity contribution in [2.24, 2.45) is 5.73 Å². The minimum absolute atomic E-state index is 0.0374. The molecular weight excluding hydrogens is 311 g/mol. The van der Waals surface area contributed by atoms with E-state index in [0.29, 0.717) is 23.3 Å². The van der Waals surface area contributed by atoms with E-state index in [1.165, 1.54) is 19.4 Å². The number of hydrogen-bond donors (Lipinski definition) is 1. The SMILES string of the molecule is COc1ccc(Cn2cc(C(N)=O)c(=O)c3c2CCCC3)c(F)c1. The number of nitrogens with two attached hydrogens (primary N) is 1. The van der Waals surface area contributed by atoms with Gasteiger partial charge in [-0.3, -0.25) is 9.59 Å². The summed E-state index contributed by atoms with van der Waals surface area (Å²) in [5.41, 5.74) is 6.97. The van der Waals surface area contributed by atoms with Gasteiger partial charge in [0.15, 0.2) is 5.43 Å². The predicted molar refractivity (Wildman–Crippen MR) is 87.9 cm³/mol. The Labute approximate surface area is 138 Å². The van der Waals surface area contributed by atoms with Crippen molar-refractivity contribution in [3.05, 3.63) is 62.8 Å². The summed E-state index contributed by atoms with van der Waals surface area (Å²) in [7, 11) is 1.48. The third kappa shape index (κ3) is 2.91. The van der Waals surface area contributed by atoms with E-state index in [1.54, 1.807) is 16.7 Å². The molecule has 0 unspecified atom stereocenters. The molecule has 0 radical (unpaired) electrons. The van der Waals surface area contributed by atoms with Crippen LogP contribution in [-0.2, 0) is 19.4 Å². The van der Waals surface area contributed by atoms with Crippen LogP contribution in [0.3, 0.4) is 0 Å². The van der Waals surface area contributed by atoms with Gasteiger partial charge in [0.25, 0.3) is 5.91 Å². The summed E-state index contributed by atoms with van der Waals surface area (Å²) in [6.45, 7) is 0.235. The first kappa shape index (κ1) is 16.2. The van der Waals surface area contributed by atoms with Crippen LogP contribution in [0.5, 0.6) is 5.75 Å². The van der Waals surface area contributed by atoms with Gasteiger partial charge in [-0.1, -0.05) is 6.07 Å². The molecule has 1 amide bonds. The smallest absolute Gasteiger partial charge is 0.254 e. The molecule has 5 nitrogen and oxygen atoms in total. The average Bonchev–Trinajstić information content (AvgIpc) is 2.58. The van der Waals surface area contributed by atoms with Crippen molar-refractivity contribution in [3.63, 3.8) is 0 Å². The molecule has 0 spiro atoms. The van der Waals surface area contributed by atoms with Crippen LogP contribution < -0.4 is 15.9 Å². The number of hydrogen-bond acceptors (Lipinski definition) is 3. The number of halogens is 1. The van der Waals surface area contributed by atoms with E-state index >= 15 is 0 Å². The second-order valence-corrected chi connectivity index (χ2v) is 5.95. The fourth-order valence-electron chi connectivity index (χ4n) is 3.19. The number of nitrogens with zero attached hydrogens (tertiary/aromatic N) is 1. The molecule has 0 saturated heterocycles. The van der Waals surface area contributed by atoms with Gasteiger partial charge in [0.1, 0.15) is 17.1 Å². The van der Waals surface area contributed by atoms with Crippen LogP contribution in [0.15, 0.2) is 29.2 Å². The van der Waals surface area contributed by atoms with Crippen molar-refractivity contribution in [3.8, 4) is 5.75 Å². The Morgan fingerprint density at radius 3 is 2.75 bits per heavy atom. The predicted octanol–water partition coefficient (Wildman–Crippen LogP) is 2.02. The van der Waals surface area contributed by atoms with Gasteiger partial charge >= 0.3 is 0 Å². The van der Waals surface area contributed by atoms with Crippen molar-refractivity contribution in [1.29, 1.82) is 0 Å². The molecule has 3 rings (SSSR count). The minimum Gasteiger partial charge on any atom is -0.497 e. The van der Waals surface area contributed by atoms with Crippen LogP contribution >= 0.6 is 0 Å². The van der Waals surface area contributed by atoms with E-state index in [4.69, 9.17) is 10.5 Å². The first-order chi connectivity index (χ1) is 11.5. The second-order valence-electron chi connectivity index (χ2n) is 5.95. The fourth-order valence-corrected chi connectivity index (χ4v) is 3.19. The van der Waals surface area contributed by atoms with Crippen molar-refractivity contribution in [1.82, 2.24) is 4.57 Å². The van der Waals surface area contributed by atoms with Crippen molar-refractivity contribution in [2.75, 3.05) is 7.11 Å². The van der Waals surface area contributed by atoms with Gasteiger partial charge in [-0.15, -0.1) is 0 Å². The first-order valence-electron chi connectivity index (χ1n) is 7.88. The lowest BCUT2D eigenvalue weighted by Crippen LogP contribution is -2.30. The summed E-state index contributed by atoms with van der Waals surface area (Å²) in [4.78, 5) is 24.0. The molecule has 0 saturated carbocycles. The maximum atomic E-state index is 14.2. The Balaban J connectivity index is 2.09. The lowest BCUT2D eigenvalue weighted by atomic mass is 9.93. The van der Waals surface area contributed by atoms with Crippen molar-refractivity contribution in [2.45, 2.75) is 32.2 Å². The number of aromatic nitrogens is 1. The monoisotopic (exact) mass is 330 g/mol. The number of primary amides is 1. The third-order valence-electron chi connectivity index (χ3n) is 4.46. The van der Waals surface area contributed by atoms with Gasteiger partial charge in [0.05, 0.1) is 13.7 Å². The maximum Gasteiger partial charge on any atom is 0.254 e.